The number of nitrogens with zero attached hydrogens (tertiary/aromatic N) is 1. The molecule has 33 heavy (non-hydrogen) atoms. The van der Waals surface area contributed by atoms with Crippen LogP contribution in [0.2, 0.25) is 0 Å². The number of nitrogens with one attached hydrogen (secondary N) is 1. The summed E-state index contributed by atoms with van der Waals surface area (Å²) in [5.74, 6) is 1.80. The summed E-state index contributed by atoms with van der Waals surface area (Å²) in [5.41, 5.74) is 5.61. The molecule has 0 fully saturated rings. The van der Waals surface area contributed by atoms with Crippen LogP contribution in [-0.4, -0.2) is 38.1 Å². The highest BCUT2D eigenvalue weighted by atomic mass is 32.1. The van der Waals surface area contributed by atoms with E-state index in [-0.39, 0.29) is 11.9 Å². The van der Waals surface area contributed by atoms with Gasteiger partial charge in [0.25, 0.3) is 0 Å². The minimum atomic E-state index is 0.000690. The fourth-order valence-electron chi connectivity index (χ4n) is 4.65. The molecular formula is C27H32N2O3S. The highest BCUT2D eigenvalue weighted by molar-refractivity contribution is 7.10. The maximum absolute atomic E-state index is 13.3. The number of aryl methyl sites for hydroxylation is 1. The zero-order chi connectivity index (χ0) is 23.5. The molecule has 0 bridgehead atoms. The zero-order valence-corrected chi connectivity index (χ0v) is 20.8. The van der Waals surface area contributed by atoms with Crippen molar-refractivity contribution >= 4 is 22.9 Å². The Morgan fingerprint density at radius 1 is 1.15 bits per heavy atom. The number of amides is 1. The molecule has 1 aliphatic rings. The number of rotatable bonds is 7. The number of hydrogen-bond donors (Lipinski definition) is 1. The Morgan fingerprint density at radius 2 is 1.91 bits per heavy atom. The molecule has 5 nitrogen and oxygen atoms in total. The van der Waals surface area contributed by atoms with Crippen LogP contribution in [0.5, 0.6) is 11.5 Å². The lowest BCUT2D eigenvalue weighted by molar-refractivity contribution is -0.117. The van der Waals surface area contributed by atoms with E-state index in [0.717, 1.165) is 30.0 Å². The largest absolute Gasteiger partial charge is 0.493 e. The predicted molar refractivity (Wildman–Crippen MR) is 135 cm³/mol. The third-order valence-electron chi connectivity index (χ3n) is 6.32. The Labute approximate surface area is 200 Å². The van der Waals surface area contributed by atoms with E-state index in [1.807, 2.05) is 13.0 Å². The molecule has 2 heterocycles. The van der Waals surface area contributed by atoms with Gasteiger partial charge in [0.15, 0.2) is 11.5 Å². The van der Waals surface area contributed by atoms with E-state index in [2.05, 4.69) is 65.8 Å². The summed E-state index contributed by atoms with van der Waals surface area (Å²) >= 11 is 1.71. The van der Waals surface area contributed by atoms with Crippen molar-refractivity contribution in [3.8, 4) is 11.5 Å². The van der Waals surface area contributed by atoms with Gasteiger partial charge in [0, 0.05) is 17.1 Å². The van der Waals surface area contributed by atoms with Gasteiger partial charge in [0.1, 0.15) is 0 Å². The summed E-state index contributed by atoms with van der Waals surface area (Å²) in [6.45, 7) is 7.47. The Kier molecular flexibility index (Phi) is 7.05. The monoisotopic (exact) mass is 464 g/mol. The van der Waals surface area contributed by atoms with Gasteiger partial charge in [0.05, 0.1) is 26.8 Å². The van der Waals surface area contributed by atoms with Gasteiger partial charge >= 0.3 is 0 Å². The second-order valence-electron chi connectivity index (χ2n) is 8.79. The molecule has 3 aromatic rings. The van der Waals surface area contributed by atoms with Crippen molar-refractivity contribution in [3.05, 3.63) is 75.0 Å². The number of para-hydroxylation sites is 1. The summed E-state index contributed by atoms with van der Waals surface area (Å²) in [5, 5.41) is 5.30. The van der Waals surface area contributed by atoms with Crippen LogP contribution in [0.4, 0.5) is 5.69 Å². The zero-order valence-electron chi connectivity index (χ0n) is 20.0. The third-order valence-corrected chi connectivity index (χ3v) is 7.25. The van der Waals surface area contributed by atoms with Crippen LogP contribution in [-0.2, 0) is 11.2 Å². The Hall–Kier alpha value is -2.83. The summed E-state index contributed by atoms with van der Waals surface area (Å²) < 4.78 is 11.1. The smallest absolute Gasteiger partial charge is 0.238 e. The van der Waals surface area contributed by atoms with Gasteiger partial charge in [-0.15, -0.1) is 11.3 Å². The molecule has 0 saturated heterocycles. The van der Waals surface area contributed by atoms with Crippen molar-refractivity contribution in [2.24, 2.45) is 0 Å². The number of carbonyl (C=O) groups is 1. The molecule has 1 aromatic heterocycles. The summed E-state index contributed by atoms with van der Waals surface area (Å²) in [7, 11) is 3.32. The van der Waals surface area contributed by atoms with E-state index in [4.69, 9.17) is 9.47 Å². The fourth-order valence-corrected chi connectivity index (χ4v) is 5.53. The number of ether oxygens (including phenoxy) is 2. The minimum absolute atomic E-state index is 0.000690. The van der Waals surface area contributed by atoms with Gasteiger partial charge < -0.3 is 14.8 Å². The maximum atomic E-state index is 13.3. The normalized spacial score (nSPS) is 15.9. The van der Waals surface area contributed by atoms with E-state index in [0.29, 0.717) is 18.2 Å². The van der Waals surface area contributed by atoms with Crippen LogP contribution >= 0.6 is 11.3 Å². The molecule has 0 spiro atoms. The van der Waals surface area contributed by atoms with Crippen molar-refractivity contribution in [1.82, 2.24) is 4.90 Å². The van der Waals surface area contributed by atoms with Crippen molar-refractivity contribution < 1.29 is 14.3 Å². The molecular weight excluding hydrogens is 432 g/mol. The van der Waals surface area contributed by atoms with Crippen LogP contribution in [0.15, 0.2) is 47.8 Å². The van der Waals surface area contributed by atoms with Crippen LogP contribution in [0, 0.1) is 6.92 Å². The molecule has 1 amide bonds. The van der Waals surface area contributed by atoms with Crippen molar-refractivity contribution in [2.75, 3.05) is 32.6 Å². The van der Waals surface area contributed by atoms with Gasteiger partial charge in [-0.3, -0.25) is 9.69 Å². The lowest BCUT2D eigenvalue weighted by Gasteiger charge is -2.37. The molecule has 0 aliphatic carbocycles. The first-order valence-corrected chi connectivity index (χ1v) is 12.2. The minimum Gasteiger partial charge on any atom is -0.493 e. The average Bonchev–Trinajstić information content (AvgIpc) is 3.33. The number of carbonyl (C=O) groups excluding carboxylic acids is 1. The van der Waals surface area contributed by atoms with Gasteiger partial charge in [-0.25, -0.2) is 0 Å². The second kappa shape index (κ2) is 9.98. The quantitative estimate of drug-likeness (QED) is 0.481. The molecule has 174 valence electrons. The topological polar surface area (TPSA) is 50.8 Å². The van der Waals surface area contributed by atoms with E-state index in [1.165, 1.54) is 21.6 Å². The molecule has 1 atom stereocenters. The maximum Gasteiger partial charge on any atom is 0.238 e. The fraction of sp³-hybridized carbons (Fsp3) is 0.370. The summed E-state index contributed by atoms with van der Waals surface area (Å²) in [6, 6.07) is 14.6. The van der Waals surface area contributed by atoms with E-state index in [9.17, 15) is 4.79 Å². The van der Waals surface area contributed by atoms with Crippen molar-refractivity contribution in [1.29, 1.82) is 0 Å². The molecule has 1 aliphatic heterocycles. The van der Waals surface area contributed by atoms with E-state index < -0.39 is 0 Å². The van der Waals surface area contributed by atoms with Gasteiger partial charge in [-0.05, 0) is 65.1 Å². The Morgan fingerprint density at radius 3 is 2.58 bits per heavy atom. The molecule has 1 N–H and O–H groups in total. The lowest BCUT2D eigenvalue weighted by atomic mass is 9.90. The predicted octanol–water partition coefficient (Wildman–Crippen LogP) is 5.78. The molecule has 4 rings (SSSR count). The lowest BCUT2D eigenvalue weighted by Crippen LogP contribution is -2.41. The first kappa shape index (κ1) is 23.3. The third kappa shape index (κ3) is 4.77. The molecule has 1 unspecified atom stereocenters. The standard InChI is InChI=1S/C27H32N2O3S/c1-17(2)20-9-6-8-18(3)26(20)28-25(30)16-29-12-11-19-14-22(31-4)23(32-5)15-21(19)27(29)24-10-7-13-33-24/h6-10,13-15,17,27H,11-12,16H2,1-5H3,(H,28,30). The summed E-state index contributed by atoms with van der Waals surface area (Å²) in [4.78, 5) is 16.7. The number of thiophene rings is 1. The van der Waals surface area contributed by atoms with E-state index in [1.54, 1.807) is 25.6 Å². The number of fused-ring (bicyclic) bond motifs is 1. The molecule has 2 aromatic carbocycles. The van der Waals surface area contributed by atoms with Gasteiger partial charge in [-0.2, -0.15) is 0 Å². The van der Waals surface area contributed by atoms with Crippen LogP contribution in [0.25, 0.3) is 0 Å². The van der Waals surface area contributed by atoms with E-state index >= 15 is 0 Å². The Bertz CT molecular complexity index is 1120. The number of benzene rings is 2. The first-order valence-electron chi connectivity index (χ1n) is 11.3. The number of methoxy groups -OCH3 is 2. The Balaban J connectivity index is 1.64. The second-order valence-corrected chi connectivity index (χ2v) is 9.77. The van der Waals surface area contributed by atoms with Crippen LogP contribution in [0.1, 0.15) is 52.9 Å². The average molecular weight is 465 g/mol. The molecule has 0 saturated carbocycles. The van der Waals surface area contributed by atoms with Gasteiger partial charge in [0.2, 0.25) is 5.91 Å². The molecule has 6 heteroatoms. The SMILES string of the molecule is COc1cc2c(cc1OC)C(c1cccs1)N(CC(=O)Nc1c(C)cccc1C(C)C)CC2. The molecule has 0 radical (unpaired) electrons. The number of hydrogen-bond acceptors (Lipinski definition) is 5. The summed E-state index contributed by atoms with van der Waals surface area (Å²) in [6.07, 6.45) is 0.854. The first-order chi connectivity index (χ1) is 15.9. The van der Waals surface area contributed by atoms with Crippen molar-refractivity contribution in [3.63, 3.8) is 0 Å². The van der Waals surface area contributed by atoms with Crippen LogP contribution in [0.3, 0.4) is 0 Å². The highest BCUT2D eigenvalue weighted by Gasteiger charge is 2.32. The van der Waals surface area contributed by atoms with Gasteiger partial charge in [-0.1, -0.05) is 38.1 Å². The van der Waals surface area contributed by atoms with Crippen molar-refractivity contribution in [2.45, 2.75) is 39.2 Å². The van der Waals surface area contributed by atoms with Crippen LogP contribution < -0.4 is 14.8 Å². The number of anilines is 1. The highest BCUT2D eigenvalue weighted by Crippen LogP contribution is 2.42.